The molecule has 3 aromatic rings. The minimum atomic E-state index is -0.0448. The van der Waals surface area contributed by atoms with Gasteiger partial charge in [-0.3, -0.25) is 4.79 Å². The van der Waals surface area contributed by atoms with Crippen molar-refractivity contribution in [3.05, 3.63) is 46.8 Å². The number of hydrogen-bond acceptors (Lipinski definition) is 5. The van der Waals surface area contributed by atoms with Crippen LogP contribution in [0.1, 0.15) is 37.1 Å². The number of aromatic nitrogens is 2. The summed E-state index contributed by atoms with van der Waals surface area (Å²) in [6.07, 6.45) is 0. The number of nitrogens with zero attached hydrogens (tertiary/aromatic N) is 2. The number of thiophene rings is 1. The average Bonchev–Trinajstić information content (AvgIpc) is 3.22. The van der Waals surface area contributed by atoms with Gasteiger partial charge in [-0.2, -0.15) is 4.98 Å². The van der Waals surface area contributed by atoms with E-state index >= 15 is 0 Å². The molecule has 0 fully saturated rings. The first kappa shape index (κ1) is 16.4. The first-order chi connectivity index (χ1) is 11.5. The second-order valence-electron chi connectivity index (χ2n) is 5.88. The van der Waals surface area contributed by atoms with Gasteiger partial charge in [0.2, 0.25) is 11.7 Å². The Morgan fingerprint density at radius 3 is 2.62 bits per heavy atom. The number of nitrogens with one attached hydrogen (secondary N) is 1. The number of amides is 1. The third-order valence-electron chi connectivity index (χ3n) is 3.64. The Morgan fingerprint density at radius 2 is 1.96 bits per heavy atom. The lowest BCUT2D eigenvalue weighted by Gasteiger charge is -2.04. The van der Waals surface area contributed by atoms with Gasteiger partial charge in [0, 0.05) is 17.4 Å². The van der Waals surface area contributed by atoms with Crippen molar-refractivity contribution in [1.82, 2.24) is 15.5 Å². The molecule has 2 aromatic heterocycles. The maximum Gasteiger partial charge on any atom is 0.258 e. The van der Waals surface area contributed by atoms with Crippen LogP contribution in [0.2, 0.25) is 0 Å². The van der Waals surface area contributed by atoms with E-state index in [0.29, 0.717) is 24.2 Å². The Kier molecular flexibility index (Phi) is 4.76. The monoisotopic (exact) mass is 341 g/mol. The molecular weight excluding hydrogens is 322 g/mol. The van der Waals surface area contributed by atoms with Gasteiger partial charge in [0.25, 0.3) is 5.89 Å². The highest BCUT2D eigenvalue weighted by Gasteiger charge is 2.13. The summed E-state index contributed by atoms with van der Waals surface area (Å²) >= 11 is 1.54. The maximum atomic E-state index is 11.0. The molecule has 0 radical (unpaired) electrons. The zero-order valence-electron chi connectivity index (χ0n) is 13.9. The van der Waals surface area contributed by atoms with Gasteiger partial charge in [0.1, 0.15) is 0 Å². The van der Waals surface area contributed by atoms with E-state index < -0.39 is 0 Å². The van der Waals surface area contributed by atoms with Crippen molar-refractivity contribution in [2.45, 2.75) is 33.2 Å². The largest absolute Gasteiger partial charge is 0.351 e. The molecule has 1 aromatic carbocycles. The summed E-state index contributed by atoms with van der Waals surface area (Å²) in [6.45, 7) is 6.34. The van der Waals surface area contributed by atoms with Crippen molar-refractivity contribution in [3.8, 4) is 22.2 Å². The highest BCUT2D eigenvalue weighted by Crippen LogP contribution is 2.28. The molecule has 1 N–H and O–H groups in total. The van der Waals surface area contributed by atoms with E-state index in [4.69, 9.17) is 4.52 Å². The first-order valence-electron chi connectivity index (χ1n) is 7.80. The maximum absolute atomic E-state index is 11.0. The molecule has 0 bridgehead atoms. The minimum Gasteiger partial charge on any atom is -0.351 e. The molecule has 1 amide bonds. The molecule has 3 rings (SSSR count). The molecule has 0 aliphatic heterocycles. The highest BCUT2D eigenvalue weighted by atomic mass is 32.1. The Morgan fingerprint density at radius 1 is 1.21 bits per heavy atom. The molecule has 0 aliphatic rings. The second kappa shape index (κ2) is 6.97. The SMILES string of the molecule is CC(=O)NCc1ccc(-c2noc(-c3ccc(C(C)C)cc3)n2)s1. The third-order valence-corrected chi connectivity index (χ3v) is 4.73. The lowest BCUT2D eigenvalue weighted by atomic mass is 10.0. The van der Waals surface area contributed by atoms with Crippen LogP contribution in [0.4, 0.5) is 0 Å². The number of hydrogen-bond donors (Lipinski definition) is 1. The molecule has 2 heterocycles. The summed E-state index contributed by atoms with van der Waals surface area (Å²) in [5.41, 5.74) is 2.19. The van der Waals surface area contributed by atoms with Crippen molar-refractivity contribution in [3.63, 3.8) is 0 Å². The standard InChI is InChI=1S/C18H19N3O2S/c1-11(2)13-4-6-14(7-5-13)18-20-17(21-23-18)16-9-8-15(24-16)10-19-12(3)22/h4-9,11H,10H2,1-3H3,(H,19,22). The van der Waals surface area contributed by atoms with E-state index in [1.807, 2.05) is 24.3 Å². The van der Waals surface area contributed by atoms with Gasteiger partial charge in [-0.1, -0.05) is 31.1 Å². The van der Waals surface area contributed by atoms with Crippen LogP contribution < -0.4 is 5.32 Å². The van der Waals surface area contributed by atoms with Gasteiger partial charge in [-0.05, 0) is 35.7 Å². The molecule has 0 saturated heterocycles. The normalized spacial score (nSPS) is 11.0. The van der Waals surface area contributed by atoms with E-state index in [2.05, 4.69) is 41.4 Å². The van der Waals surface area contributed by atoms with Crippen LogP contribution >= 0.6 is 11.3 Å². The van der Waals surface area contributed by atoms with Crippen LogP contribution in [0.15, 0.2) is 40.9 Å². The van der Waals surface area contributed by atoms with Crippen LogP contribution in [0.3, 0.4) is 0 Å². The van der Waals surface area contributed by atoms with Gasteiger partial charge in [0.15, 0.2) is 0 Å². The summed E-state index contributed by atoms with van der Waals surface area (Å²) < 4.78 is 5.39. The zero-order valence-corrected chi connectivity index (χ0v) is 14.7. The average molecular weight is 341 g/mol. The fraction of sp³-hybridized carbons (Fsp3) is 0.278. The molecule has 124 valence electrons. The van der Waals surface area contributed by atoms with Gasteiger partial charge >= 0.3 is 0 Å². The van der Waals surface area contributed by atoms with Gasteiger partial charge < -0.3 is 9.84 Å². The number of carbonyl (C=O) groups excluding carboxylic acids is 1. The van der Waals surface area contributed by atoms with Crippen molar-refractivity contribution < 1.29 is 9.32 Å². The summed E-state index contributed by atoms with van der Waals surface area (Å²) in [7, 11) is 0. The fourth-order valence-electron chi connectivity index (χ4n) is 2.26. The molecule has 24 heavy (non-hydrogen) atoms. The Hall–Kier alpha value is -2.47. The van der Waals surface area contributed by atoms with Crippen LogP contribution in [0.5, 0.6) is 0 Å². The first-order valence-corrected chi connectivity index (χ1v) is 8.62. The quantitative estimate of drug-likeness (QED) is 0.754. The topological polar surface area (TPSA) is 68.0 Å². The number of benzene rings is 1. The fourth-order valence-corrected chi connectivity index (χ4v) is 3.13. The van der Waals surface area contributed by atoms with E-state index in [-0.39, 0.29) is 5.91 Å². The van der Waals surface area contributed by atoms with E-state index in [9.17, 15) is 4.79 Å². The van der Waals surface area contributed by atoms with Crippen molar-refractivity contribution in [2.24, 2.45) is 0 Å². The van der Waals surface area contributed by atoms with Crippen LogP contribution in [-0.4, -0.2) is 16.0 Å². The van der Waals surface area contributed by atoms with Crippen molar-refractivity contribution >= 4 is 17.2 Å². The van der Waals surface area contributed by atoms with Crippen LogP contribution in [0, 0.1) is 0 Å². The molecule has 5 nitrogen and oxygen atoms in total. The number of carbonyl (C=O) groups is 1. The van der Waals surface area contributed by atoms with Gasteiger partial charge in [-0.25, -0.2) is 0 Å². The van der Waals surface area contributed by atoms with Crippen LogP contribution in [0.25, 0.3) is 22.2 Å². The molecule has 6 heteroatoms. The van der Waals surface area contributed by atoms with Crippen molar-refractivity contribution in [1.29, 1.82) is 0 Å². The Bertz CT molecular complexity index is 834. The van der Waals surface area contributed by atoms with E-state index in [1.165, 1.54) is 12.5 Å². The Labute approximate surface area is 144 Å². The summed E-state index contributed by atoms with van der Waals surface area (Å²) in [6, 6.07) is 12.1. The molecule has 0 spiro atoms. The van der Waals surface area contributed by atoms with Crippen molar-refractivity contribution in [2.75, 3.05) is 0 Å². The van der Waals surface area contributed by atoms with Crippen LogP contribution in [-0.2, 0) is 11.3 Å². The summed E-state index contributed by atoms with van der Waals surface area (Å²) in [5.74, 6) is 1.52. The predicted molar refractivity (Wildman–Crippen MR) is 94.7 cm³/mol. The molecule has 0 aliphatic carbocycles. The molecule has 0 atom stereocenters. The second-order valence-corrected chi connectivity index (χ2v) is 7.04. The van der Waals surface area contributed by atoms with E-state index in [1.54, 1.807) is 11.3 Å². The van der Waals surface area contributed by atoms with Gasteiger partial charge in [-0.15, -0.1) is 11.3 Å². The smallest absolute Gasteiger partial charge is 0.258 e. The summed E-state index contributed by atoms with van der Waals surface area (Å²) in [4.78, 5) is 17.4. The molecule has 0 unspecified atom stereocenters. The van der Waals surface area contributed by atoms with Gasteiger partial charge in [0.05, 0.1) is 11.4 Å². The van der Waals surface area contributed by atoms with E-state index in [0.717, 1.165) is 15.3 Å². The molecular formula is C18H19N3O2S. The summed E-state index contributed by atoms with van der Waals surface area (Å²) in [5, 5.41) is 6.85. The lowest BCUT2D eigenvalue weighted by Crippen LogP contribution is -2.17. The Balaban J connectivity index is 1.76. The zero-order chi connectivity index (χ0) is 17.1. The minimum absolute atomic E-state index is 0.0448. The highest BCUT2D eigenvalue weighted by molar-refractivity contribution is 7.15. The third kappa shape index (κ3) is 3.71. The molecule has 0 saturated carbocycles. The lowest BCUT2D eigenvalue weighted by molar-refractivity contribution is -0.119. The number of rotatable bonds is 5. The predicted octanol–water partition coefficient (Wildman–Crippen LogP) is 4.22.